The Balaban J connectivity index is 2.81. The average Bonchev–Trinajstić information content (AvgIpc) is 2.29. The van der Waals surface area contributed by atoms with Crippen LogP contribution in [-0.4, -0.2) is 38.5 Å². The Bertz CT molecular complexity index is 475. The lowest BCUT2D eigenvalue weighted by Gasteiger charge is -2.04. The maximum Gasteiger partial charge on any atom is 0.335 e. The number of ether oxygens (including phenoxy) is 1. The van der Waals surface area contributed by atoms with Gasteiger partial charge in [0, 0.05) is 6.61 Å². The number of hydrogen-bond donors (Lipinski definition) is 1. The maximum absolute atomic E-state index is 11.8. The van der Waals surface area contributed by atoms with E-state index >= 15 is 0 Å². The Hall–Kier alpha value is -1.40. The van der Waals surface area contributed by atoms with Crippen LogP contribution in [0.15, 0.2) is 29.2 Å². The largest absolute Gasteiger partial charge is 0.478 e. The van der Waals surface area contributed by atoms with Gasteiger partial charge < -0.3 is 9.84 Å². The third-order valence-electron chi connectivity index (χ3n) is 2.16. The van der Waals surface area contributed by atoms with Gasteiger partial charge in [-0.15, -0.1) is 0 Å². The highest BCUT2D eigenvalue weighted by atomic mass is 32.2. The summed E-state index contributed by atoms with van der Waals surface area (Å²) in [6.45, 7) is 2.39. The highest BCUT2D eigenvalue weighted by Gasteiger charge is 2.14. The zero-order valence-electron chi connectivity index (χ0n) is 9.42. The summed E-state index contributed by atoms with van der Waals surface area (Å²) < 4.78 is 28.5. The molecule has 5 nitrogen and oxygen atoms in total. The smallest absolute Gasteiger partial charge is 0.335 e. The summed E-state index contributed by atoms with van der Waals surface area (Å²) in [6.07, 6.45) is 0. The summed E-state index contributed by atoms with van der Waals surface area (Å²) in [5.41, 5.74) is 0.0637. The van der Waals surface area contributed by atoms with E-state index in [1.807, 2.05) is 0 Å². The molecular weight excluding hydrogens is 244 g/mol. The Labute approximate surface area is 100.0 Å². The average molecular weight is 258 g/mol. The number of carbonyl (C=O) groups is 1. The minimum atomic E-state index is -3.39. The molecule has 1 rings (SSSR count). The van der Waals surface area contributed by atoms with Gasteiger partial charge in [-0.1, -0.05) is 0 Å². The molecule has 0 amide bonds. The van der Waals surface area contributed by atoms with Crippen molar-refractivity contribution in [1.29, 1.82) is 0 Å². The first-order valence-corrected chi connectivity index (χ1v) is 6.76. The van der Waals surface area contributed by atoms with Gasteiger partial charge in [-0.05, 0) is 31.2 Å². The van der Waals surface area contributed by atoms with E-state index in [1.165, 1.54) is 24.3 Å². The summed E-state index contributed by atoms with van der Waals surface area (Å²) in [5, 5.41) is 8.68. The zero-order valence-corrected chi connectivity index (χ0v) is 10.2. The predicted octanol–water partition coefficient (Wildman–Crippen LogP) is 1.20. The van der Waals surface area contributed by atoms with Gasteiger partial charge in [0.2, 0.25) is 0 Å². The van der Waals surface area contributed by atoms with Crippen molar-refractivity contribution >= 4 is 15.8 Å². The fraction of sp³-hybridized carbons (Fsp3) is 0.364. The van der Waals surface area contributed by atoms with E-state index in [0.29, 0.717) is 6.61 Å². The van der Waals surface area contributed by atoms with E-state index in [2.05, 4.69) is 0 Å². The van der Waals surface area contributed by atoms with Crippen molar-refractivity contribution in [2.24, 2.45) is 0 Å². The van der Waals surface area contributed by atoms with Crippen molar-refractivity contribution in [3.05, 3.63) is 29.8 Å². The number of carboxylic acid groups (broad SMARTS) is 1. The molecule has 0 unspecified atom stereocenters. The number of benzene rings is 1. The molecule has 94 valence electrons. The first-order valence-electron chi connectivity index (χ1n) is 5.11. The summed E-state index contributed by atoms with van der Waals surface area (Å²) in [6, 6.07) is 5.14. The Morgan fingerprint density at radius 1 is 1.29 bits per heavy atom. The molecule has 1 aromatic carbocycles. The highest BCUT2D eigenvalue weighted by molar-refractivity contribution is 7.91. The molecule has 0 bridgehead atoms. The van der Waals surface area contributed by atoms with E-state index in [1.54, 1.807) is 6.92 Å². The third-order valence-corrected chi connectivity index (χ3v) is 3.86. The number of aromatic carboxylic acids is 1. The fourth-order valence-corrected chi connectivity index (χ4v) is 2.36. The van der Waals surface area contributed by atoms with E-state index in [9.17, 15) is 13.2 Å². The van der Waals surface area contributed by atoms with Crippen LogP contribution in [0, 0.1) is 0 Å². The van der Waals surface area contributed by atoms with Crippen molar-refractivity contribution < 1.29 is 23.1 Å². The molecule has 0 heterocycles. The van der Waals surface area contributed by atoms with Crippen molar-refractivity contribution in [2.75, 3.05) is 19.0 Å². The molecule has 0 aliphatic heterocycles. The Morgan fingerprint density at radius 3 is 2.35 bits per heavy atom. The van der Waals surface area contributed by atoms with Crippen LogP contribution in [0.3, 0.4) is 0 Å². The van der Waals surface area contributed by atoms with Crippen molar-refractivity contribution in [3.8, 4) is 0 Å². The van der Waals surface area contributed by atoms with E-state index in [0.717, 1.165) is 0 Å². The van der Waals surface area contributed by atoms with Crippen LogP contribution < -0.4 is 0 Å². The van der Waals surface area contributed by atoms with Gasteiger partial charge in [0.1, 0.15) is 0 Å². The van der Waals surface area contributed by atoms with E-state index in [-0.39, 0.29) is 22.8 Å². The van der Waals surface area contributed by atoms with Crippen LogP contribution in [-0.2, 0) is 14.6 Å². The summed E-state index contributed by atoms with van der Waals surface area (Å²) in [7, 11) is -3.39. The quantitative estimate of drug-likeness (QED) is 0.775. The van der Waals surface area contributed by atoms with Crippen LogP contribution >= 0.6 is 0 Å². The second-order valence-electron chi connectivity index (χ2n) is 3.35. The molecular formula is C11H14O5S. The van der Waals surface area contributed by atoms with Gasteiger partial charge >= 0.3 is 5.97 Å². The van der Waals surface area contributed by atoms with Crippen LogP contribution in [0.5, 0.6) is 0 Å². The number of sulfone groups is 1. The number of carboxylic acids is 1. The molecule has 0 aliphatic carbocycles. The van der Waals surface area contributed by atoms with E-state index < -0.39 is 15.8 Å². The second kappa shape index (κ2) is 5.79. The second-order valence-corrected chi connectivity index (χ2v) is 5.45. The molecule has 0 radical (unpaired) electrons. The number of rotatable bonds is 6. The summed E-state index contributed by atoms with van der Waals surface area (Å²) in [4.78, 5) is 10.7. The molecule has 6 heteroatoms. The molecule has 1 N–H and O–H groups in total. The molecule has 0 atom stereocenters. The predicted molar refractivity (Wildman–Crippen MR) is 61.9 cm³/mol. The highest BCUT2D eigenvalue weighted by Crippen LogP contribution is 2.12. The first kappa shape index (κ1) is 13.7. The molecule has 0 saturated carbocycles. The van der Waals surface area contributed by atoms with Crippen LogP contribution in [0.4, 0.5) is 0 Å². The van der Waals surface area contributed by atoms with Gasteiger partial charge in [-0.2, -0.15) is 0 Å². The minimum Gasteiger partial charge on any atom is -0.478 e. The Kier molecular flexibility index (Phi) is 4.65. The zero-order chi connectivity index (χ0) is 12.9. The van der Waals surface area contributed by atoms with E-state index in [4.69, 9.17) is 9.84 Å². The van der Waals surface area contributed by atoms with Gasteiger partial charge in [-0.3, -0.25) is 0 Å². The summed E-state index contributed by atoms with van der Waals surface area (Å²) in [5.74, 6) is -1.18. The molecule has 0 spiro atoms. The lowest BCUT2D eigenvalue weighted by Crippen LogP contribution is -2.12. The first-order chi connectivity index (χ1) is 7.97. The third kappa shape index (κ3) is 3.83. The normalized spacial score (nSPS) is 11.4. The maximum atomic E-state index is 11.8. The lowest BCUT2D eigenvalue weighted by molar-refractivity contribution is 0.0696. The van der Waals surface area contributed by atoms with Crippen LogP contribution in [0.25, 0.3) is 0 Å². The van der Waals surface area contributed by atoms with Gasteiger partial charge in [0.15, 0.2) is 9.84 Å². The molecule has 0 saturated heterocycles. The lowest BCUT2D eigenvalue weighted by atomic mass is 10.2. The molecule has 0 aliphatic rings. The van der Waals surface area contributed by atoms with Gasteiger partial charge in [0.05, 0.1) is 22.8 Å². The van der Waals surface area contributed by atoms with Crippen molar-refractivity contribution in [2.45, 2.75) is 11.8 Å². The monoisotopic (exact) mass is 258 g/mol. The SMILES string of the molecule is CCOCCS(=O)(=O)c1ccc(C(=O)O)cc1. The minimum absolute atomic E-state index is 0.0637. The molecule has 17 heavy (non-hydrogen) atoms. The number of hydrogen-bond acceptors (Lipinski definition) is 4. The fourth-order valence-electron chi connectivity index (χ4n) is 1.24. The molecule has 1 aromatic rings. The Morgan fingerprint density at radius 2 is 1.88 bits per heavy atom. The van der Waals surface area contributed by atoms with Gasteiger partial charge in [0.25, 0.3) is 0 Å². The van der Waals surface area contributed by atoms with Crippen molar-refractivity contribution in [1.82, 2.24) is 0 Å². The molecule has 0 fully saturated rings. The standard InChI is InChI=1S/C11H14O5S/c1-2-16-7-8-17(14,15)10-5-3-9(4-6-10)11(12)13/h3-6H,2,7-8H2,1H3,(H,12,13). The molecule has 0 aromatic heterocycles. The van der Waals surface area contributed by atoms with Crippen molar-refractivity contribution in [3.63, 3.8) is 0 Å². The van der Waals surface area contributed by atoms with Crippen LogP contribution in [0.1, 0.15) is 17.3 Å². The van der Waals surface area contributed by atoms with Crippen LogP contribution in [0.2, 0.25) is 0 Å². The summed E-state index contributed by atoms with van der Waals surface area (Å²) >= 11 is 0. The topological polar surface area (TPSA) is 80.7 Å². The van der Waals surface area contributed by atoms with Gasteiger partial charge in [-0.25, -0.2) is 13.2 Å².